The summed E-state index contributed by atoms with van der Waals surface area (Å²) in [5, 5.41) is 9.15. The molecule has 6 nitrogen and oxygen atoms in total. The van der Waals surface area contributed by atoms with Crippen LogP contribution < -0.4 is 0 Å². The minimum Gasteiger partial charge on any atom is -0.481 e. The first-order valence-corrected chi connectivity index (χ1v) is 8.48. The molecule has 1 aromatic heterocycles. The highest BCUT2D eigenvalue weighted by atomic mass is 16.4. The zero-order valence-electron chi connectivity index (χ0n) is 15.5. The largest absolute Gasteiger partial charge is 0.481 e. The van der Waals surface area contributed by atoms with Gasteiger partial charge in [-0.3, -0.25) is 14.4 Å². The fourth-order valence-electron chi connectivity index (χ4n) is 3.14. The van der Waals surface area contributed by atoms with Crippen molar-refractivity contribution in [3.63, 3.8) is 0 Å². The number of carboxylic acids is 1. The molecule has 3 rings (SSSR count). The molecule has 0 aliphatic heterocycles. The number of ketones is 1. The molecule has 1 atom stereocenters. The molecule has 1 unspecified atom stereocenters. The quantitative estimate of drug-likeness (QED) is 0.542. The lowest BCUT2D eigenvalue weighted by Gasteiger charge is -2.12. The van der Waals surface area contributed by atoms with Crippen LogP contribution in [0.2, 0.25) is 0 Å². The second kappa shape index (κ2) is 6.79. The highest BCUT2D eigenvalue weighted by Gasteiger charge is 2.23. The van der Waals surface area contributed by atoms with E-state index in [9.17, 15) is 14.4 Å². The van der Waals surface area contributed by atoms with Gasteiger partial charge in [-0.1, -0.05) is 6.07 Å². The maximum absolute atomic E-state index is 13.0. The number of hydrogen-bond acceptors (Lipinski definition) is 5. The molecule has 0 aliphatic carbocycles. The van der Waals surface area contributed by atoms with Gasteiger partial charge in [-0.15, -0.1) is 0 Å². The lowest BCUT2D eigenvalue weighted by molar-refractivity contribution is -0.138. The second-order valence-electron chi connectivity index (χ2n) is 6.66. The summed E-state index contributed by atoms with van der Waals surface area (Å²) in [4.78, 5) is 39.6. The normalized spacial score (nSPS) is 12.1. The Morgan fingerprint density at radius 2 is 1.85 bits per heavy atom. The number of fused-ring (bicyclic) bond motifs is 1. The van der Waals surface area contributed by atoms with E-state index in [1.54, 1.807) is 52.0 Å². The number of carboxylic acid groups (broad SMARTS) is 1. The van der Waals surface area contributed by atoms with Gasteiger partial charge in [-0.2, -0.15) is 0 Å². The van der Waals surface area contributed by atoms with Gasteiger partial charge in [0, 0.05) is 11.1 Å². The lowest BCUT2D eigenvalue weighted by atomic mass is 9.92. The molecule has 1 heterocycles. The van der Waals surface area contributed by atoms with Crippen LogP contribution in [0.25, 0.3) is 11.1 Å². The van der Waals surface area contributed by atoms with Crippen LogP contribution in [0.1, 0.15) is 61.7 Å². The third-order valence-corrected chi connectivity index (χ3v) is 4.97. The molecule has 0 bridgehead atoms. The molecule has 0 fully saturated rings. The maximum atomic E-state index is 13.0. The average Bonchev–Trinajstić information content (AvgIpc) is 3.07. The number of carbonyl (C=O) groups is 3. The lowest BCUT2D eigenvalue weighted by Crippen LogP contribution is -2.09. The summed E-state index contributed by atoms with van der Waals surface area (Å²) in [6.07, 6.45) is 0.772. The molecule has 0 spiro atoms. The summed E-state index contributed by atoms with van der Waals surface area (Å²) in [5.74, 6) is -2.06. The number of rotatable bonds is 5. The molecule has 2 aromatic carbocycles. The number of oxazole rings is 1. The Kier molecular flexibility index (Phi) is 4.66. The maximum Gasteiger partial charge on any atom is 0.310 e. The summed E-state index contributed by atoms with van der Waals surface area (Å²) in [6, 6.07) is 6.58. The van der Waals surface area contributed by atoms with Gasteiger partial charge >= 0.3 is 5.97 Å². The molecule has 3 aromatic rings. The van der Waals surface area contributed by atoms with Crippen molar-refractivity contribution in [2.45, 2.75) is 33.6 Å². The SMILES string of the molecule is Cc1cc(C=O)c(C)c(C)c1C(=O)c1nc2ccc(C(C)C(=O)O)cc2o1. The minimum absolute atomic E-state index is 0.0606. The van der Waals surface area contributed by atoms with Gasteiger partial charge in [0.05, 0.1) is 5.92 Å². The van der Waals surface area contributed by atoms with E-state index in [-0.39, 0.29) is 11.7 Å². The molecule has 6 heteroatoms. The Bertz CT molecular complexity index is 1090. The van der Waals surface area contributed by atoms with Crippen LogP contribution in [-0.4, -0.2) is 28.1 Å². The molecule has 0 radical (unpaired) electrons. The zero-order chi connectivity index (χ0) is 19.9. The van der Waals surface area contributed by atoms with E-state index < -0.39 is 11.9 Å². The molecule has 0 aliphatic rings. The van der Waals surface area contributed by atoms with E-state index in [0.717, 1.165) is 11.8 Å². The van der Waals surface area contributed by atoms with E-state index in [1.807, 2.05) is 0 Å². The molecule has 138 valence electrons. The summed E-state index contributed by atoms with van der Waals surface area (Å²) in [5.41, 5.74) is 4.56. The van der Waals surface area contributed by atoms with Gasteiger partial charge in [0.1, 0.15) is 11.8 Å². The molecule has 0 saturated carbocycles. The molecule has 1 N–H and O–H groups in total. The van der Waals surface area contributed by atoms with E-state index in [1.165, 1.54) is 0 Å². The number of hydrogen-bond donors (Lipinski definition) is 1. The van der Waals surface area contributed by atoms with E-state index >= 15 is 0 Å². The minimum atomic E-state index is -0.942. The number of nitrogens with zero attached hydrogens (tertiary/aromatic N) is 1. The summed E-state index contributed by atoms with van der Waals surface area (Å²) in [6.45, 7) is 6.93. The third-order valence-electron chi connectivity index (χ3n) is 4.97. The van der Waals surface area contributed by atoms with Crippen molar-refractivity contribution in [1.82, 2.24) is 4.98 Å². The number of carbonyl (C=O) groups excluding carboxylic acids is 2. The van der Waals surface area contributed by atoms with Crippen molar-refractivity contribution in [3.05, 3.63) is 63.5 Å². The van der Waals surface area contributed by atoms with Gasteiger partial charge in [-0.05, 0) is 68.1 Å². The topological polar surface area (TPSA) is 97.5 Å². The van der Waals surface area contributed by atoms with Crippen LogP contribution in [0.4, 0.5) is 0 Å². The van der Waals surface area contributed by atoms with E-state index in [4.69, 9.17) is 9.52 Å². The van der Waals surface area contributed by atoms with Crippen LogP contribution in [0.5, 0.6) is 0 Å². The van der Waals surface area contributed by atoms with E-state index in [0.29, 0.717) is 38.9 Å². The van der Waals surface area contributed by atoms with Crippen molar-refractivity contribution in [2.75, 3.05) is 0 Å². The van der Waals surface area contributed by atoms with Gasteiger partial charge in [0.25, 0.3) is 5.89 Å². The van der Waals surface area contributed by atoms with Crippen molar-refractivity contribution in [2.24, 2.45) is 0 Å². The fourth-order valence-corrected chi connectivity index (χ4v) is 3.14. The number of aliphatic carboxylic acids is 1. The first-order valence-electron chi connectivity index (χ1n) is 8.48. The number of benzene rings is 2. The number of aryl methyl sites for hydroxylation is 1. The molecule has 27 heavy (non-hydrogen) atoms. The van der Waals surface area contributed by atoms with Gasteiger partial charge in [0.2, 0.25) is 5.78 Å². The van der Waals surface area contributed by atoms with Crippen LogP contribution in [0.15, 0.2) is 28.7 Å². The second-order valence-corrected chi connectivity index (χ2v) is 6.66. The Hall–Kier alpha value is -3.28. The summed E-state index contributed by atoms with van der Waals surface area (Å²) < 4.78 is 5.64. The number of aldehydes is 1. The molecule has 0 amide bonds. The highest BCUT2D eigenvalue weighted by molar-refractivity contribution is 6.09. The van der Waals surface area contributed by atoms with Crippen molar-refractivity contribution in [1.29, 1.82) is 0 Å². The standard InChI is InChI=1S/C21H19NO5/c1-10-7-15(9-23)11(2)12(3)18(10)19(24)20-22-16-6-5-14(8-17(16)27-20)13(4)21(25)26/h5-9,13H,1-4H3,(H,25,26). The van der Waals surface area contributed by atoms with Crippen LogP contribution in [0, 0.1) is 20.8 Å². The predicted molar refractivity (Wildman–Crippen MR) is 99.5 cm³/mol. The molecule has 0 saturated heterocycles. The Balaban J connectivity index is 2.08. The van der Waals surface area contributed by atoms with Crippen molar-refractivity contribution in [3.8, 4) is 0 Å². The smallest absolute Gasteiger partial charge is 0.310 e. The highest BCUT2D eigenvalue weighted by Crippen LogP contribution is 2.27. The van der Waals surface area contributed by atoms with Crippen LogP contribution >= 0.6 is 0 Å². The summed E-state index contributed by atoms with van der Waals surface area (Å²) in [7, 11) is 0. The zero-order valence-corrected chi connectivity index (χ0v) is 15.5. The predicted octanol–water partition coefficient (Wildman–Crippen LogP) is 3.98. The fraction of sp³-hybridized carbons (Fsp3) is 0.238. The molecular weight excluding hydrogens is 346 g/mol. The molecular formula is C21H19NO5. The third kappa shape index (κ3) is 3.14. The summed E-state index contributed by atoms with van der Waals surface area (Å²) >= 11 is 0. The van der Waals surface area contributed by atoms with Gasteiger partial charge < -0.3 is 9.52 Å². The monoisotopic (exact) mass is 365 g/mol. The number of aromatic nitrogens is 1. The van der Waals surface area contributed by atoms with Gasteiger partial charge in [-0.25, -0.2) is 4.98 Å². The van der Waals surface area contributed by atoms with Crippen molar-refractivity contribution >= 4 is 29.1 Å². The Labute approximate surface area is 155 Å². The van der Waals surface area contributed by atoms with Crippen LogP contribution in [-0.2, 0) is 4.79 Å². The first-order chi connectivity index (χ1) is 12.7. The van der Waals surface area contributed by atoms with Gasteiger partial charge in [0.15, 0.2) is 5.58 Å². The Morgan fingerprint density at radius 1 is 1.15 bits per heavy atom. The first kappa shape index (κ1) is 18.5. The van der Waals surface area contributed by atoms with E-state index in [2.05, 4.69) is 4.98 Å². The van der Waals surface area contributed by atoms with Crippen LogP contribution in [0.3, 0.4) is 0 Å². The van der Waals surface area contributed by atoms with Crippen molar-refractivity contribution < 1.29 is 23.9 Å². The Morgan fingerprint density at radius 3 is 2.48 bits per heavy atom. The average molecular weight is 365 g/mol.